The highest BCUT2D eigenvalue weighted by Crippen LogP contribution is 2.27. The SMILES string of the molecule is Cc1ccc(NC(=O)C2CCN(C(=O)c3cccs3)CC2)c2cccnc12. The number of rotatable bonds is 3. The first-order valence-electron chi connectivity index (χ1n) is 9.11. The van der Waals surface area contributed by atoms with E-state index in [0.29, 0.717) is 25.9 Å². The van der Waals surface area contributed by atoms with Gasteiger partial charge in [-0.15, -0.1) is 11.3 Å². The van der Waals surface area contributed by atoms with Gasteiger partial charge in [0.15, 0.2) is 0 Å². The van der Waals surface area contributed by atoms with Crippen molar-refractivity contribution in [1.82, 2.24) is 9.88 Å². The van der Waals surface area contributed by atoms with Crippen LogP contribution in [-0.2, 0) is 4.79 Å². The zero-order chi connectivity index (χ0) is 18.8. The normalized spacial score (nSPS) is 15.1. The van der Waals surface area contributed by atoms with E-state index in [0.717, 1.165) is 27.0 Å². The maximum Gasteiger partial charge on any atom is 0.263 e. The summed E-state index contributed by atoms with van der Waals surface area (Å²) < 4.78 is 0. The molecular formula is C21H21N3O2S. The number of hydrogen-bond acceptors (Lipinski definition) is 4. The van der Waals surface area contributed by atoms with Crippen LogP contribution in [0.1, 0.15) is 28.1 Å². The summed E-state index contributed by atoms with van der Waals surface area (Å²) in [4.78, 5) is 32.2. The summed E-state index contributed by atoms with van der Waals surface area (Å²) in [6.45, 7) is 3.25. The van der Waals surface area contributed by atoms with Crippen molar-refractivity contribution >= 4 is 39.7 Å². The molecule has 4 rings (SSSR count). The minimum atomic E-state index is -0.0783. The molecule has 2 aromatic heterocycles. The molecule has 3 heterocycles. The number of fused-ring (bicyclic) bond motifs is 1. The largest absolute Gasteiger partial charge is 0.338 e. The van der Waals surface area contributed by atoms with E-state index < -0.39 is 0 Å². The second-order valence-corrected chi connectivity index (χ2v) is 7.81. The van der Waals surface area contributed by atoms with Crippen molar-refractivity contribution in [1.29, 1.82) is 0 Å². The van der Waals surface area contributed by atoms with Crippen LogP contribution in [0.15, 0.2) is 48.0 Å². The summed E-state index contributed by atoms with van der Waals surface area (Å²) in [6, 6.07) is 11.5. The number of nitrogens with one attached hydrogen (secondary N) is 1. The average Bonchev–Trinajstić information content (AvgIpc) is 3.25. The van der Waals surface area contributed by atoms with Crippen LogP contribution in [0.5, 0.6) is 0 Å². The van der Waals surface area contributed by atoms with E-state index >= 15 is 0 Å². The fourth-order valence-electron chi connectivity index (χ4n) is 3.56. The number of anilines is 1. The van der Waals surface area contributed by atoms with Gasteiger partial charge in [0.05, 0.1) is 16.1 Å². The standard InChI is InChI=1S/C21H21N3O2S/c1-14-6-7-17(16-4-2-10-22-19(14)16)23-20(25)15-8-11-24(12-9-15)21(26)18-5-3-13-27-18/h2-7,10,13,15H,8-9,11-12H2,1H3,(H,23,25). The lowest BCUT2D eigenvalue weighted by atomic mass is 9.95. The van der Waals surface area contributed by atoms with Crippen molar-refractivity contribution in [2.75, 3.05) is 18.4 Å². The summed E-state index contributed by atoms with van der Waals surface area (Å²) in [5, 5.41) is 5.94. The topological polar surface area (TPSA) is 62.3 Å². The van der Waals surface area contributed by atoms with Gasteiger partial charge in [0.2, 0.25) is 5.91 Å². The summed E-state index contributed by atoms with van der Waals surface area (Å²) in [6.07, 6.45) is 3.14. The molecule has 1 fully saturated rings. The van der Waals surface area contributed by atoms with Gasteiger partial charge >= 0.3 is 0 Å². The van der Waals surface area contributed by atoms with Gasteiger partial charge in [0.1, 0.15) is 0 Å². The number of nitrogens with zero attached hydrogens (tertiary/aromatic N) is 2. The highest BCUT2D eigenvalue weighted by molar-refractivity contribution is 7.12. The molecule has 27 heavy (non-hydrogen) atoms. The molecule has 1 N–H and O–H groups in total. The third-order valence-electron chi connectivity index (χ3n) is 5.11. The van der Waals surface area contributed by atoms with Crippen LogP contribution >= 0.6 is 11.3 Å². The van der Waals surface area contributed by atoms with Crippen LogP contribution in [0, 0.1) is 12.8 Å². The van der Waals surface area contributed by atoms with E-state index in [1.54, 1.807) is 6.20 Å². The van der Waals surface area contributed by atoms with Crippen molar-refractivity contribution in [3.05, 3.63) is 58.4 Å². The lowest BCUT2D eigenvalue weighted by Gasteiger charge is -2.31. The highest BCUT2D eigenvalue weighted by Gasteiger charge is 2.28. The van der Waals surface area contributed by atoms with Crippen molar-refractivity contribution in [2.24, 2.45) is 5.92 Å². The number of benzene rings is 1. The van der Waals surface area contributed by atoms with Crippen LogP contribution in [0.2, 0.25) is 0 Å². The summed E-state index contributed by atoms with van der Waals surface area (Å²) in [5.41, 5.74) is 2.79. The zero-order valence-corrected chi connectivity index (χ0v) is 16.0. The molecule has 5 nitrogen and oxygen atoms in total. The molecule has 6 heteroatoms. The molecule has 0 saturated carbocycles. The second kappa shape index (κ2) is 7.48. The van der Waals surface area contributed by atoms with Crippen molar-refractivity contribution < 1.29 is 9.59 Å². The Morgan fingerprint density at radius 1 is 1.15 bits per heavy atom. The minimum absolute atomic E-state index is 0.0206. The van der Waals surface area contributed by atoms with Crippen LogP contribution in [0.3, 0.4) is 0 Å². The molecule has 1 aliphatic rings. The first-order valence-corrected chi connectivity index (χ1v) is 9.99. The average molecular weight is 379 g/mol. The number of thiophene rings is 1. The Labute approximate surface area is 162 Å². The van der Waals surface area contributed by atoms with Gasteiger partial charge in [-0.1, -0.05) is 12.1 Å². The molecule has 3 aromatic rings. The number of hydrogen-bond donors (Lipinski definition) is 1. The zero-order valence-electron chi connectivity index (χ0n) is 15.1. The molecule has 2 amide bonds. The summed E-state index contributed by atoms with van der Waals surface area (Å²) in [5.74, 6) is 0.0112. The van der Waals surface area contributed by atoms with E-state index in [1.165, 1.54) is 11.3 Å². The Bertz CT molecular complexity index is 976. The van der Waals surface area contributed by atoms with Crippen LogP contribution in [-0.4, -0.2) is 34.8 Å². The number of aryl methyl sites for hydroxylation is 1. The van der Waals surface area contributed by atoms with Gasteiger partial charge in [-0.3, -0.25) is 14.6 Å². The van der Waals surface area contributed by atoms with Crippen LogP contribution in [0.4, 0.5) is 5.69 Å². The predicted octanol–water partition coefficient (Wildman–Crippen LogP) is 4.10. The Morgan fingerprint density at radius 2 is 1.96 bits per heavy atom. The van der Waals surface area contributed by atoms with Gasteiger partial charge in [-0.2, -0.15) is 0 Å². The molecular weight excluding hydrogens is 358 g/mol. The van der Waals surface area contributed by atoms with Crippen LogP contribution in [0.25, 0.3) is 10.9 Å². The quantitative estimate of drug-likeness (QED) is 0.745. The molecule has 0 radical (unpaired) electrons. The third-order valence-corrected chi connectivity index (χ3v) is 5.97. The van der Waals surface area contributed by atoms with Crippen molar-refractivity contribution in [3.63, 3.8) is 0 Å². The molecule has 0 unspecified atom stereocenters. The molecule has 1 aliphatic heterocycles. The Hall–Kier alpha value is -2.73. The lowest BCUT2D eigenvalue weighted by Crippen LogP contribution is -2.41. The van der Waals surface area contributed by atoms with Gasteiger partial charge in [-0.05, 0) is 55.0 Å². The first-order chi connectivity index (χ1) is 13.1. The number of amides is 2. The van der Waals surface area contributed by atoms with Gasteiger partial charge in [0, 0.05) is 30.6 Å². The predicted molar refractivity (Wildman–Crippen MR) is 108 cm³/mol. The number of carbonyl (C=O) groups is 2. The Balaban J connectivity index is 1.42. The van der Waals surface area contributed by atoms with E-state index in [1.807, 2.05) is 53.6 Å². The number of carbonyl (C=O) groups excluding carboxylic acids is 2. The van der Waals surface area contributed by atoms with E-state index in [4.69, 9.17) is 0 Å². The minimum Gasteiger partial charge on any atom is -0.338 e. The monoisotopic (exact) mass is 379 g/mol. The lowest BCUT2D eigenvalue weighted by molar-refractivity contribution is -0.121. The van der Waals surface area contributed by atoms with E-state index in [9.17, 15) is 9.59 Å². The fraction of sp³-hybridized carbons (Fsp3) is 0.286. The van der Waals surface area contributed by atoms with E-state index in [2.05, 4.69) is 10.3 Å². The fourth-order valence-corrected chi connectivity index (χ4v) is 4.25. The molecule has 1 saturated heterocycles. The molecule has 1 aromatic carbocycles. The van der Waals surface area contributed by atoms with Gasteiger partial charge in [-0.25, -0.2) is 0 Å². The smallest absolute Gasteiger partial charge is 0.263 e. The second-order valence-electron chi connectivity index (χ2n) is 6.86. The molecule has 0 spiro atoms. The summed E-state index contributed by atoms with van der Waals surface area (Å²) in [7, 11) is 0. The molecule has 0 aliphatic carbocycles. The maximum atomic E-state index is 12.8. The molecule has 138 valence electrons. The number of likely N-dealkylation sites (tertiary alicyclic amines) is 1. The Morgan fingerprint density at radius 3 is 2.70 bits per heavy atom. The molecule has 0 bridgehead atoms. The third kappa shape index (κ3) is 3.57. The number of aromatic nitrogens is 1. The van der Waals surface area contributed by atoms with Crippen molar-refractivity contribution in [2.45, 2.75) is 19.8 Å². The van der Waals surface area contributed by atoms with Crippen LogP contribution < -0.4 is 5.32 Å². The molecule has 0 atom stereocenters. The highest BCUT2D eigenvalue weighted by atomic mass is 32.1. The number of pyridine rings is 1. The first kappa shape index (κ1) is 17.7. The van der Waals surface area contributed by atoms with Crippen molar-refractivity contribution in [3.8, 4) is 0 Å². The maximum absolute atomic E-state index is 12.8. The number of piperidine rings is 1. The Kier molecular flexibility index (Phi) is 4.90. The summed E-state index contributed by atoms with van der Waals surface area (Å²) >= 11 is 1.46. The van der Waals surface area contributed by atoms with Gasteiger partial charge in [0.25, 0.3) is 5.91 Å². The van der Waals surface area contributed by atoms with E-state index in [-0.39, 0.29) is 17.7 Å². The van der Waals surface area contributed by atoms with Gasteiger partial charge < -0.3 is 10.2 Å².